The number of rotatable bonds is 4. The van der Waals surface area contributed by atoms with Gasteiger partial charge in [-0.25, -0.2) is 5.01 Å². The highest BCUT2D eigenvalue weighted by molar-refractivity contribution is 9.10. The lowest BCUT2D eigenvalue weighted by molar-refractivity contribution is -0.00458. The minimum Gasteiger partial charge on any atom is -0.461 e. The molecule has 2 atom stereocenters. The van der Waals surface area contributed by atoms with Crippen LogP contribution in [0.2, 0.25) is 0 Å². The molecule has 2 unspecified atom stereocenters. The molecule has 0 N–H and O–H groups in total. The summed E-state index contributed by atoms with van der Waals surface area (Å²) in [6, 6.07) is 33.8. The molecule has 4 nitrogen and oxygen atoms in total. The fourth-order valence-corrected chi connectivity index (χ4v) is 5.01. The number of hydrogen-bond acceptors (Lipinski definition) is 4. The molecular formula is C29H21BrN2O2. The second kappa shape index (κ2) is 8.58. The molecule has 2 aliphatic heterocycles. The van der Waals surface area contributed by atoms with Crippen LogP contribution in [0.4, 0.5) is 0 Å². The van der Waals surface area contributed by atoms with E-state index in [2.05, 4.69) is 46.3 Å². The van der Waals surface area contributed by atoms with Crippen LogP contribution in [-0.2, 0) is 0 Å². The van der Waals surface area contributed by atoms with Gasteiger partial charge in [0.25, 0.3) is 6.23 Å². The van der Waals surface area contributed by atoms with Gasteiger partial charge in [0.15, 0.2) is 0 Å². The van der Waals surface area contributed by atoms with E-state index in [1.807, 2.05) is 77.8 Å². The second-order valence-electron chi connectivity index (χ2n) is 8.47. The van der Waals surface area contributed by atoms with Crippen LogP contribution in [0.15, 0.2) is 113 Å². The van der Waals surface area contributed by atoms with Gasteiger partial charge in [-0.2, -0.15) is 5.10 Å². The first kappa shape index (κ1) is 20.9. The molecule has 34 heavy (non-hydrogen) atoms. The highest BCUT2D eigenvalue weighted by Gasteiger charge is 2.43. The van der Waals surface area contributed by atoms with Crippen molar-refractivity contribution < 1.29 is 9.53 Å². The zero-order valence-corrected chi connectivity index (χ0v) is 19.9. The predicted molar refractivity (Wildman–Crippen MR) is 137 cm³/mol. The van der Waals surface area contributed by atoms with E-state index in [4.69, 9.17) is 9.84 Å². The first-order valence-corrected chi connectivity index (χ1v) is 12.0. The van der Waals surface area contributed by atoms with Crippen LogP contribution in [-0.4, -0.2) is 22.7 Å². The van der Waals surface area contributed by atoms with Crippen molar-refractivity contribution in [1.82, 2.24) is 5.01 Å². The molecule has 0 saturated heterocycles. The van der Waals surface area contributed by atoms with E-state index in [0.29, 0.717) is 12.0 Å². The number of carbonyl (C=O) groups excluding carboxylic acids is 1. The van der Waals surface area contributed by atoms with E-state index in [9.17, 15) is 4.79 Å². The quantitative estimate of drug-likeness (QED) is 0.282. The standard InChI is InChI=1S/C29H21BrN2O2/c30-23-15-16-27-24(17-23)26-18-25(21-9-5-2-6-10-21)31-32(26)29(34-27)28(33)22-13-11-20(12-14-22)19-7-3-1-4-8-19/h1-17,26,29H,18H2. The van der Waals surface area contributed by atoms with E-state index in [-0.39, 0.29) is 11.8 Å². The Labute approximate surface area is 206 Å². The van der Waals surface area contributed by atoms with E-state index >= 15 is 0 Å². The summed E-state index contributed by atoms with van der Waals surface area (Å²) in [6.45, 7) is 0. The van der Waals surface area contributed by atoms with Gasteiger partial charge >= 0.3 is 0 Å². The first-order chi connectivity index (χ1) is 16.7. The molecule has 5 heteroatoms. The molecule has 6 rings (SSSR count). The van der Waals surface area contributed by atoms with Gasteiger partial charge in [-0.15, -0.1) is 0 Å². The third-order valence-corrected chi connectivity index (χ3v) is 6.85. The Kier molecular flexibility index (Phi) is 5.27. The van der Waals surface area contributed by atoms with E-state index < -0.39 is 6.23 Å². The Morgan fingerprint density at radius 2 is 1.47 bits per heavy atom. The fourth-order valence-electron chi connectivity index (χ4n) is 4.64. The highest BCUT2D eigenvalue weighted by atomic mass is 79.9. The van der Waals surface area contributed by atoms with Crippen molar-refractivity contribution in [2.75, 3.05) is 0 Å². The van der Waals surface area contributed by atoms with Gasteiger partial charge < -0.3 is 4.74 Å². The number of benzene rings is 4. The zero-order chi connectivity index (χ0) is 23.1. The maximum absolute atomic E-state index is 13.7. The van der Waals surface area contributed by atoms with E-state index in [1.165, 1.54) is 0 Å². The van der Waals surface area contributed by atoms with Gasteiger partial charge in [-0.05, 0) is 34.9 Å². The van der Waals surface area contributed by atoms with Crippen LogP contribution >= 0.6 is 15.9 Å². The summed E-state index contributed by atoms with van der Waals surface area (Å²) in [5, 5.41) is 6.73. The Hall–Kier alpha value is -3.70. The van der Waals surface area contributed by atoms with E-state index in [1.54, 1.807) is 0 Å². The zero-order valence-electron chi connectivity index (χ0n) is 18.3. The van der Waals surface area contributed by atoms with Crippen molar-refractivity contribution in [3.8, 4) is 16.9 Å². The smallest absolute Gasteiger partial charge is 0.251 e. The minimum absolute atomic E-state index is 0.0611. The van der Waals surface area contributed by atoms with Crippen LogP contribution in [0.1, 0.15) is 33.9 Å². The Morgan fingerprint density at radius 1 is 0.824 bits per heavy atom. The lowest BCUT2D eigenvalue weighted by Gasteiger charge is -2.37. The third kappa shape index (κ3) is 3.72. The van der Waals surface area contributed by atoms with Gasteiger partial charge in [0, 0.05) is 22.0 Å². The third-order valence-electron chi connectivity index (χ3n) is 6.36. The molecule has 0 radical (unpaired) electrons. The Bertz CT molecular complexity index is 1390. The Balaban J connectivity index is 1.36. The number of ether oxygens (including phenoxy) is 1. The largest absolute Gasteiger partial charge is 0.461 e. The Morgan fingerprint density at radius 3 is 2.18 bits per heavy atom. The maximum Gasteiger partial charge on any atom is 0.251 e. The topological polar surface area (TPSA) is 41.9 Å². The van der Waals surface area contributed by atoms with Crippen LogP contribution in [0.25, 0.3) is 11.1 Å². The maximum atomic E-state index is 13.7. The minimum atomic E-state index is -0.817. The number of Topliss-reactive ketones (excluding diaryl/α,β-unsaturated/α-hetero) is 1. The average molecular weight is 509 g/mol. The highest BCUT2D eigenvalue weighted by Crippen LogP contribution is 2.44. The molecule has 2 heterocycles. The number of hydrogen-bond donors (Lipinski definition) is 0. The lowest BCUT2D eigenvalue weighted by Crippen LogP contribution is -2.45. The summed E-state index contributed by atoms with van der Waals surface area (Å²) in [5.41, 5.74) is 5.85. The van der Waals surface area contributed by atoms with Crippen LogP contribution in [0, 0.1) is 0 Å². The fraction of sp³-hybridized carbons (Fsp3) is 0.103. The molecule has 0 aliphatic carbocycles. The summed E-state index contributed by atoms with van der Waals surface area (Å²) in [5.74, 6) is 0.629. The molecule has 4 aromatic carbocycles. The SMILES string of the molecule is O=C(c1ccc(-c2ccccc2)cc1)C1Oc2ccc(Br)cc2C2CC(c3ccccc3)=NN12. The lowest BCUT2D eigenvalue weighted by atomic mass is 9.95. The molecule has 4 aromatic rings. The van der Waals surface area contributed by atoms with Crippen molar-refractivity contribution in [3.63, 3.8) is 0 Å². The van der Waals surface area contributed by atoms with Crippen molar-refractivity contribution in [3.05, 3.63) is 124 Å². The van der Waals surface area contributed by atoms with Crippen molar-refractivity contribution in [2.45, 2.75) is 18.7 Å². The molecule has 2 aliphatic rings. The first-order valence-electron chi connectivity index (χ1n) is 11.2. The van der Waals surface area contributed by atoms with Gasteiger partial charge in [0.1, 0.15) is 5.75 Å². The molecule has 0 amide bonds. The van der Waals surface area contributed by atoms with Crippen LogP contribution < -0.4 is 4.74 Å². The van der Waals surface area contributed by atoms with Crippen LogP contribution in [0.3, 0.4) is 0 Å². The number of hydrazone groups is 1. The molecule has 0 aromatic heterocycles. The molecule has 0 saturated carbocycles. The summed E-state index contributed by atoms with van der Waals surface area (Å²) in [7, 11) is 0. The molecule has 0 bridgehead atoms. The van der Waals surface area contributed by atoms with E-state index in [0.717, 1.165) is 38.2 Å². The van der Waals surface area contributed by atoms with Gasteiger partial charge in [0.05, 0.1) is 11.8 Å². The predicted octanol–water partition coefficient (Wildman–Crippen LogP) is 6.87. The second-order valence-corrected chi connectivity index (χ2v) is 9.39. The number of nitrogens with zero attached hydrogens (tertiary/aromatic N) is 2. The number of carbonyl (C=O) groups is 1. The molecule has 166 valence electrons. The molecule has 0 spiro atoms. The monoisotopic (exact) mass is 508 g/mol. The van der Waals surface area contributed by atoms with Gasteiger partial charge in [-0.1, -0.05) is 101 Å². The number of fused-ring (bicyclic) bond motifs is 3. The van der Waals surface area contributed by atoms with Crippen molar-refractivity contribution >= 4 is 27.4 Å². The van der Waals surface area contributed by atoms with Crippen molar-refractivity contribution in [2.24, 2.45) is 5.10 Å². The molecular weight excluding hydrogens is 488 g/mol. The van der Waals surface area contributed by atoms with Gasteiger partial charge in [0.2, 0.25) is 5.78 Å². The molecule has 0 fully saturated rings. The van der Waals surface area contributed by atoms with Crippen molar-refractivity contribution in [1.29, 1.82) is 0 Å². The number of ketones is 1. The average Bonchev–Trinajstić information content (AvgIpc) is 3.35. The van der Waals surface area contributed by atoms with Crippen LogP contribution in [0.5, 0.6) is 5.75 Å². The van der Waals surface area contributed by atoms with Gasteiger partial charge in [-0.3, -0.25) is 4.79 Å². The summed E-state index contributed by atoms with van der Waals surface area (Å²) < 4.78 is 7.24. The summed E-state index contributed by atoms with van der Waals surface area (Å²) >= 11 is 3.58. The number of halogens is 1. The summed E-state index contributed by atoms with van der Waals surface area (Å²) in [6.07, 6.45) is -0.101. The normalized spacial score (nSPS) is 18.5. The summed E-state index contributed by atoms with van der Waals surface area (Å²) in [4.78, 5) is 13.7.